The van der Waals surface area contributed by atoms with E-state index in [9.17, 15) is 0 Å². The lowest BCUT2D eigenvalue weighted by atomic mass is 11.0. The highest BCUT2D eigenvalue weighted by Gasteiger charge is 1.81. The third-order valence-corrected chi connectivity index (χ3v) is 5.58. The summed E-state index contributed by atoms with van der Waals surface area (Å²) in [4.78, 5) is 0. The van der Waals surface area contributed by atoms with Crippen molar-refractivity contribution in [2.24, 2.45) is 0 Å². The molecule has 0 aromatic heterocycles. The first-order valence-electron chi connectivity index (χ1n) is 2.90. The minimum atomic E-state index is 0.00716. The summed E-state index contributed by atoms with van der Waals surface area (Å²) < 4.78 is 5.14. The minimum absolute atomic E-state index is 0.00716. The first kappa shape index (κ1) is 7.61. The molecule has 0 aliphatic carbocycles. The summed E-state index contributed by atoms with van der Waals surface area (Å²) in [6.07, 6.45) is 0. The average molecular weight is 150 g/mol. The van der Waals surface area contributed by atoms with E-state index < -0.39 is 0 Å². The van der Waals surface area contributed by atoms with Gasteiger partial charge in [0.15, 0.2) is 0 Å². The summed E-state index contributed by atoms with van der Waals surface area (Å²) in [5.74, 6) is 0. The first-order chi connectivity index (χ1) is 3.41. The van der Waals surface area contributed by atoms with Gasteiger partial charge in [0.2, 0.25) is 0 Å². The maximum Gasteiger partial charge on any atom is 0.145 e. The third-order valence-electron chi connectivity index (χ3n) is 0.952. The molecule has 0 aliphatic heterocycles. The molecule has 0 amide bonds. The van der Waals surface area contributed by atoms with E-state index in [-0.39, 0.29) is 9.76 Å². The zero-order valence-corrected chi connectivity index (χ0v) is 10.1. The summed E-state index contributed by atoms with van der Waals surface area (Å²) in [6, 6.07) is 2.97. The molecule has 0 rings (SSSR count). The van der Waals surface area contributed by atoms with Crippen LogP contribution in [0, 0.1) is 0 Å². The standard InChI is InChI=1S/C3H14OSi3/c1-6-2-3-7-4-5/h2-3,6-7H2,1,5H3. The summed E-state index contributed by atoms with van der Waals surface area (Å²) in [7, 11) is 1.35. The molecule has 0 unspecified atom stereocenters. The monoisotopic (exact) mass is 150 g/mol. The zero-order valence-electron chi connectivity index (χ0n) is 5.24. The van der Waals surface area contributed by atoms with Gasteiger partial charge in [0.05, 0.1) is 0 Å². The van der Waals surface area contributed by atoms with Crippen LogP contribution in [0.4, 0.5) is 0 Å². The van der Waals surface area contributed by atoms with E-state index in [0.717, 1.165) is 10.5 Å². The molecule has 0 aromatic rings. The van der Waals surface area contributed by atoms with E-state index in [2.05, 4.69) is 6.55 Å². The molecule has 0 aliphatic rings. The fourth-order valence-electron chi connectivity index (χ4n) is 0.496. The minimum Gasteiger partial charge on any atom is -0.468 e. The third kappa shape index (κ3) is 6.61. The van der Waals surface area contributed by atoms with Crippen molar-refractivity contribution in [3.05, 3.63) is 0 Å². The van der Waals surface area contributed by atoms with Crippen molar-refractivity contribution in [1.82, 2.24) is 0 Å². The number of rotatable bonds is 4. The highest BCUT2D eigenvalue weighted by Crippen LogP contribution is 1.85. The van der Waals surface area contributed by atoms with Gasteiger partial charge in [0, 0.05) is 9.52 Å². The Hall–Kier alpha value is 0.611. The van der Waals surface area contributed by atoms with Gasteiger partial charge in [-0.2, -0.15) is 0 Å². The molecule has 0 heterocycles. The van der Waals surface area contributed by atoms with E-state index in [1.54, 1.807) is 0 Å². The van der Waals surface area contributed by atoms with Crippen LogP contribution >= 0.6 is 0 Å². The zero-order chi connectivity index (χ0) is 5.54. The highest BCUT2D eigenvalue weighted by molar-refractivity contribution is 6.40. The van der Waals surface area contributed by atoms with Crippen LogP contribution in [0.5, 0.6) is 0 Å². The second-order valence-electron chi connectivity index (χ2n) is 1.70. The van der Waals surface area contributed by atoms with Crippen LogP contribution in [0.3, 0.4) is 0 Å². The van der Waals surface area contributed by atoms with Crippen LogP contribution in [-0.2, 0) is 4.12 Å². The van der Waals surface area contributed by atoms with E-state index in [1.165, 1.54) is 12.1 Å². The Labute approximate surface area is 53.1 Å². The Bertz CT molecular complexity index is 29.4. The van der Waals surface area contributed by atoms with Crippen molar-refractivity contribution in [2.45, 2.75) is 18.6 Å². The topological polar surface area (TPSA) is 9.23 Å². The molecule has 0 radical (unpaired) electrons. The fraction of sp³-hybridized carbons (Fsp3) is 1.00. The van der Waals surface area contributed by atoms with Gasteiger partial charge in [-0.15, -0.1) is 0 Å². The van der Waals surface area contributed by atoms with Crippen LogP contribution in [0.2, 0.25) is 18.6 Å². The van der Waals surface area contributed by atoms with E-state index >= 15 is 0 Å². The smallest absolute Gasteiger partial charge is 0.145 e. The van der Waals surface area contributed by atoms with Gasteiger partial charge in [-0.1, -0.05) is 12.6 Å². The van der Waals surface area contributed by atoms with Gasteiger partial charge in [-0.3, -0.25) is 0 Å². The van der Waals surface area contributed by atoms with Crippen LogP contribution in [0.15, 0.2) is 0 Å². The molecule has 1 nitrogen and oxygen atoms in total. The Morgan fingerprint density at radius 1 is 1.57 bits per heavy atom. The van der Waals surface area contributed by atoms with E-state index in [1.807, 2.05) is 0 Å². The van der Waals surface area contributed by atoms with Gasteiger partial charge in [0.25, 0.3) is 0 Å². The number of hydrogen-bond donors (Lipinski definition) is 0. The molecule has 0 bridgehead atoms. The predicted molar refractivity (Wildman–Crippen MR) is 43.6 cm³/mol. The average Bonchev–Trinajstić information content (AvgIpc) is 1.69. The van der Waals surface area contributed by atoms with Crippen molar-refractivity contribution >= 4 is 29.8 Å². The van der Waals surface area contributed by atoms with E-state index in [0.29, 0.717) is 9.52 Å². The lowest BCUT2D eigenvalue weighted by Gasteiger charge is -1.91. The second-order valence-corrected chi connectivity index (χ2v) is 6.83. The Kier molecular flexibility index (Phi) is 7.19. The first-order valence-corrected chi connectivity index (χ1v) is 7.71. The van der Waals surface area contributed by atoms with Crippen molar-refractivity contribution in [1.29, 1.82) is 0 Å². The molecule has 4 heteroatoms. The molecular weight excluding hydrogens is 136 g/mol. The van der Waals surface area contributed by atoms with Gasteiger partial charge in [-0.05, 0) is 6.04 Å². The van der Waals surface area contributed by atoms with Crippen molar-refractivity contribution in [3.63, 3.8) is 0 Å². The van der Waals surface area contributed by atoms with Gasteiger partial charge in [0.1, 0.15) is 20.2 Å². The quantitative estimate of drug-likeness (QED) is 0.347. The molecular formula is C3H14OSi3. The molecule has 0 fully saturated rings. The van der Waals surface area contributed by atoms with Crippen molar-refractivity contribution in [3.8, 4) is 0 Å². The van der Waals surface area contributed by atoms with Gasteiger partial charge >= 0.3 is 0 Å². The Morgan fingerprint density at radius 3 is 2.71 bits per heavy atom. The summed E-state index contributed by atoms with van der Waals surface area (Å²) in [6.45, 7) is 2.36. The molecule has 0 N–H and O–H groups in total. The molecule has 0 aromatic carbocycles. The maximum atomic E-state index is 5.14. The summed E-state index contributed by atoms with van der Waals surface area (Å²) >= 11 is 0. The van der Waals surface area contributed by atoms with Crippen molar-refractivity contribution in [2.75, 3.05) is 0 Å². The molecule has 0 saturated carbocycles. The maximum absolute atomic E-state index is 5.14. The summed E-state index contributed by atoms with van der Waals surface area (Å²) in [5.41, 5.74) is 0. The van der Waals surface area contributed by atoms with Gasteiger partial charge in [-0.25, -0.2) is 0 Å². The lowest BCUT2D eigenvalue weighted by Crippen LogP contribution is -1.94. The predicted octanol–water partition coefficient (Wildman–Crippen LogP) is -1.58. The summed E-state index contributed by atoms with van der Waals surface area (Å²) in [5, 5.41) is 0. The largest absolute Gasteiger partial charge is 0.468 e. The van der Waals surface area contributed by atoms with Crippen molar-refractivity contribution < 1.29 is 4.12 Å². The molecule has 0 atom stereocenters. The van der Waals surface area contributed by atoms with Crippen LogP contribution in [0.25, 0.3) is 0 Å². The lowest BCUT2D eigenvalue weighted by molar-refractivity contribution is 0.662. The second kappa shape index (κ2) is 6.61. The normalized spacial score (nSPS) is 13.3. The Morgan fingerprint density at radius 2 is 2.29 bits per heavy atom. The molecule has 0 spiro atoms. The SMILES string of the molecule is C[SiH2]CC[SiH2]O[SiH3]. The Balaban J connectivity index is 2.45. The molecule has 7 heavy (non-hydrogen) atoms. The van der Waals surface area contributed by atoms with Gasteiger partial charge < -0.3 is 4.12 Å². The molecule has 0 saturated heterocycles. The van der Waals surface area contributed by atoms with E-state index in [4.69, 9.17) is 4.12 Å². The highest BCUT2D eigenvalue weighted by atomic mass is 28.3. The van der Waals surface area contributed by atoms with Crippen LogP contribution in [0.1, 0.15) is 0 Å². The fourth-order valence-corrected chi connectivity index (χ4v) is 4.47. The number of hydrogen-bond acceptors (Lipinski definition) is 1. The van der Waals surface area contributed by atoms with Crippen LogP contribution in [-0.4, -0.2) is 29.8 Å². The molecule has 44 valence electrons. The van der Waals surface area contributed by atoms with Crippen LogP contribution < -0.4 is 0 Å².